The van der Waals surface area contributed by atoms with Gasteiger partial charge in [0.15, 0.2) is 5.82 Å². The van der Waals surface area contributed by atoms with Gasteiger partial charge in [-0.2, -0.15) is 0 Å². The molecule has 3 aromatic heterocycles. The zero-order chi connectivity index (χ0) is 16.0. The van der Waals surface area contributed by atoms with Crippen LogP contribution in [0.4, 0.5) is 5.82 Å². The van der Waals surface area contributed by atoms with Crippen molar-refractivity contribution >= 4 is 40.6 Å². The molecule has 1 saturated heterocycles. The Morgan fingerprint density at radius 1 is 1.04 bits per heavy atom. The average molecular weight is 382 g/mol. The summed E-state index contributed by atoms with van der Waals surface area (Å²) in [5.41, 5.74) is 4.22. The lowest BCUT2D eigenvalue weighted by molar-refractivity contribution is 0.574. The molecule has 3 N–H and O–H groups in total. The summed E-state index contributed by atoms with van der Waals surface area (Å²) in [4.78, 5) is 21.1. The fourth-order valence-electron chi connectivity index (χ4n) is 3.35. The molecule has 1 aliphatic rings. The molecule has 0 aliphatic carbocycles. The third-order valence-electron chi connectivity index (χ3n) is 4.37. The molecule has 0 saturated carbocycles. The van der Waals surface area contributed by atoms with Crippen molar-refractivity contribution in [2.75, 3.05) is 18.0 Å². The monoisotopic (exact) mass is 381 g/mol. The van der Waals surface area contributed by atoms with E-state index in [4.69, 9.17) is 4.98 Å². The molecule has 0 radical (unpaired) electrons. The minimum Gasteiger partial charge on any atom is -0.412 e. The van der Waals surface area contributed by atoms with Gasteiger partial charge in [-0.15, -0.1) is 23.7 Å². The molecule has 3 aromatic rings. The Labute approximate surface area is 157 Å². The Morgan fingerprint density at radius 2 is 1.76 bits per heavy atom. The number of H-pyrrole nitrogens is 1. The lowest BCUT2D eigenvalue weighted by atomic mass is 10.1. The minimum atomic E-state index is 0. The smallest absolute Gasteiger partial charge is 0.156 e. The van der Waals surface area contributed by atoms with E-state index in [1.54, 1.807) is 11.3 Å². The van der Waals surface area contributed by atoms with Crippen molar-refractivity contribution < 1.29 is 5.48 Å². The Bertz CT molecular complexity index is 869. The van der Waals surface area contributed by atoms with Crippen molar-refractivity contribution in [3.63, 3.8) is 0 Å². The van der Waals surface area contributed by atoms with Crippen LogP contribution < -0.4 is 4.90 Å². The summed E-state index contributed by atoms with van der Waals surface area (Å²) in [6.07, 6.45) is 3.80. The van der Waals surface area contributed by atoms with Crippen LogP contribution in [0.5, 0.6) is 0 Å². The molecule has 0 atom stereocenters. The van der Waals surface area contributed by atoms with Crippen molar-refractivity contribution in [3.8, 4) is 10.6 Å². The summed E-state index contributed by atoms with van der Waals surface area (Å²) in [5, 5.41) is 1.09. The van der Waals surface area contributed by atoms with Crippen LogP contribution in [0, 0.1) is 20.8 Å². The molecule has 25 heavy (non-hydrogen) atoms. The third-order valence-corrected chi connectivity index (χ3v) is 5.48. The summed E-state index contributed by atoms with van der Waals surface area (Å²) in [5.74, 6) is 1.89. The quantitative estimate of drug-likeness (QED) is 0.734. The van der Waals surface area contributed by atoms with E-state index in [0.29, 0.717) is 0 Å². The van der Waals surface area contributed by atoms with Crippen LogP contribution >= 0.6 is 23.7 Å². The van der Waals surface area contributed by atoms with Crippen molar-refractivity contribution in [1.29, 1.82) is 0 Å². The normalized spacial score (nSPS) is 14.3. The maximum absolute atomic E-state index is 4.73. The number of nitrogens with zero attached hydrogens (tertiary/aromatic N) is 4. The average Bonchev–Trinajstić information content (AvgIpc) is 3.09. The maximum atomic E-state index is 4.73. The Morgan fingerprint density at radius 3 is 2.40 bits per heavy atom. The first kappa shape index (κ1) is 19.6. The molecule has 4 heterocycles. The second-order valence-corrected chi connectivity index (χ2v) is 7.44. The number of aromatic nitrogens is 4. The lowest BCUT2D eigenvalue weighted by Gasteiger charge is -2.28. The van der Waals surface area contributed by atoms with E-state index < -0.39 is 0 Å². The Hall–Kier alpha value is -1.70. The van der Waals surface area contributed by atoms with Crippen molar-refractivity contribution in [3.05, 3.63) is 22.6 Å². The third kappa shape index (κ3) is 3.63. The van der Waals surface area contributed by atoms with E-state index in [1.807, 2.05) is 13.8 Å². The topological polar surface area (TPSA) is 89.2 Å². The van der Waals surface area contributed by atoms with Crippen LogP contribution in [0.2, 0.25) is 0 Å². The first-order valence-corrected chi connectivity index (χ1v) is 9.00. The van der Waals surface area contributed by atoms with Crippen molar-refractivity contribution in [2.24, 2.45) is 0 Å². The molecule has 6 nitrogen and oxygen atoms in total. The van der Waals surface area contributed by atoms with Crippen LogP contribution in [0.25, 0.3) is 21.6 Å². The molecular weight excluding hydrogens is 358 g/mol. The molecule has 136 valence electrons. The fourth-order valence-corrected chi connectivity index (χ4v) is 4.24. The van der Waals surface area contributed by atoms with E-state index in [-0.39, 0.29) is 17.9 Å². The predicted molar refractivity (Wildman–Crippen MR) is 106 cm³/mol. The molecule has 0 spiro atoms. The molecule has 8 heteroatoms. The van der Waals surface area contributed by atoms with E-state index in [2.05, 4.69) is 32.8 Å². The van der Waals surface area contributed by atoms with E-state index >= 15 is 0 Å². The van der Waals surface area contributed by atoms with Crippen LogP contribution in [0.1, 0.15) is 35.8 Å². The number of rotatable bonds is 2. The summed E-state index contributed by atoms with van der Waals surface area (Å²) in [6, 6.07) is 2.14. The summed E-state index contributed by atoms with van der Waals surface area (Å²) in [6.45, 7) is 8.25. The second-order valence-electron chi connectivity index (χ2n) is 6.23. The summed E-state index contributed by atoms with van der Waals surface area (Å²) < 4.78 is 0. The Kier molecular flexibility index (Phi) is 6.03. The van der Waals surface area contributed by atoms with E-state index in [0.717, 1.165) is 52.2 Å². The van der Waals surface area contributed by atoms with Gasteiger partial charge in [-0.1, -0.05) is 0 Å². The highest BCUT2D eigenvalue weighted by atomic mass is 35.5. The highest BCUT2D eigenvalue weighted by Crippen LogP contribution is 2.34. The van der Waals surface area contributed by atoms with Gasteiger partial charge >= 0.3 is 0 Å². The van der Waals surface area contributed by atoms with E-state index in [1.165, 1.54) is 24.1 Å². The highest BCUT2D eigenvalue weighted by molar-refractivity contribution is 7.15. The van der Waals surface area contributed by atoms with Crippen LogP contribution in [0.3, 0.4) is 0 Å². The summed E-state index contributed by atoms with van der Waals surface area (Å²) in [7, 11) is 0. The van der Waals surface area contributed by atoms with Crippen molar-refractivity contribution in [2.45, 2.75) is 40.0 Å². The highest BCUT2D eigenvalue weighted by Gasteiger charge is 2.19. The first-order valence-electron chi connectivity index (χ1n) is 8.18. The molecule has 1 aliphatic heterocycles. The molecule has 0 bridgehead atoms. The van der Waals surface area contributed by atoms with Gasteiger partial charge in [0.2, 0.25) is 0 Å². The van der Waals surface area contributed by atoms with Gasteiger partial charge in [0.1, 0.15) is 11.3 Å². The van der Waals surface area contributed by atoms with Gasteiger partial charge in [-0.05, 0) is 46.1 Å². The number of hydrogen-bond donors (Lipinski definition) is 1. The standard InChI is InChI=1S/C17H21N5S.ClH.H2O/c1-10-16(23-12(3)18-10)14-9-13-15(21-14)17(20-11(2)19-13)22-7-5-4-6-8-22;;/h9,21H,4-8H2,1-3H3;1H;1H2. The van der Waals surface area contributed by atoms with Crippen LogP contribution in [0.15, 0.2) is 6.07 Å². The Balaban J connectivity index is 0.00000113. The van der Waals surface area contributed by atoms with Gasteiger partial charge < -0.3 is 15.4 Å². The minimum absolute atomic E-state index is 0. The number of halogens is 1. The molecule has 1 fully saturated rings. The number of anilines is 1. The number of nitrogens with one attached hydrogen (secondary N) is 1. The number of hydrogen-bond acceptors (Lipinski definition) is 5. The zero-order valence-electron chi connectivity index (χ0n) is 14.7. The van der Waals surface area contributed by atoms with Crippen LogP contribution in [-0.4, -0.2) is 38.5 Å². The van der Waals surface area contributed by atoms with Gasteiger partial charge in [0, 0.05) is 13.1 Å². The van der Waals surface area contributed by atoms with Gasteiger partial charge in [-0.3, -0.25) is 0 Å². The molecular formula is C17H24ClN5OS. The van der Waals surface area contributed by atoms with Crippen molar-refractivity contribution in [1.82, 2.24) is 19.9 Å². The largest absolute Gasteiger partial charge is 0.412 e. The first-order chi connectivity index (χ1) is 11.1. The molecule has 0 amide bonds. The van der Waals surface area contributed by atoms with Gasteiger partial charge in [0.05, 0.1) is 26.8 Å². The fraction of sp³-hybridized carbons (Fsp3) is 0.471. The molecule has 0 unspecified atom stereocenters. The lowest BCUT2D eigenvalue weighted by Crippen LogP contribution is -2.30. The van der Waals surface area contributed by atoms with E-state index in [9.17, 15) is 0 Å². The number of fused-ring (bicyclic) bond motifs is 1. The molecule has 0 aromatic carbocycles. The second kappa shape index (κ2) is 7.68. The predicted octanol–water partition coefficient (Wildman–Crippen LogP) is 3.59. The van der Waals surface area contributed by atoms with Crippen LogP contribution in [-0.2, 0) is 0 Å². The SMILES string of the molecule is Cc1nc(N2CCCCC2)c2[nH]c(-c3sc(C)nc3C)cc2n1.Cl.O. The summed E-state index contributed by atoms with van der Waals surface area (Å²) >= 11 is 1.72. The maximum Gasteiger partial charge on any atom is 0.156 e. The number of piperidine rings is 1. The number of thiazole rings is 1. The number of aryl methyl sites for hydroxylation is 3. The van der Waals surface area contributed by atoms with Gasteiger partial charge in [-0.25, -0.2) is 15.0 Å². The van der Waals surface area contributed by atoms with Gasteiger partial charge in [0.25, 0.3) is 0 Å². The zero-order valence-corrected chi connectivity index (χ0v) is 16.4. The molecule has 4 rings (SSSR count). The number of aromatic amines is 1.